The van der Waals surface area contributed by atoms with Crippen molar-refractivity contribution in [2.75, 3.05) is 23.3 Å². The van der Waals surface area contributed by atoms with Gasteiger partial charge in [0.1, 0.15) is 5.15 Å². The molecule has 0 radical (unpaired) electrons. The second-order valence-electron chi connectivity index (χ2n) is 9.71. The van der Waals surface area contributed by atoms with Crippen molar-refractivity contribution in [3.63, 3.8) is 0 Å². The Morgan fingerprint density at radius 2 is 1.88 bits per heavy atom. The molecule has 1 saturated heterocycles. The summed E-state index contributed by atoms with van der Waals surface area (Å²) in [5, 5.41) is 13.5. The van der Waals surface area contributed by atoms with E-state index in [0.717, 1.165) is 37.1 Å². The molecule has 1 aliphatic heterocycles. The highest BCUT2D eigenvalue weighted by molar-refractivity contribution is 6.29. The molecule has 9 heteroatoms. The molecule has 0 amide bonds. The number of aromatic nitrogens is 3. The molecule has 2 N–H and O–H groups in total. The molecule has 34 heavy (non-hydrogen) atoms. The van der Waals surface area contributed by atoms with Crippen LogP contribution < -0.4 is 15.8 Å². The van der Waals surface area contributed by atoms with Gasteiger partial charge in [-0.15, -0.1) is 0 Å². The molecule has 3 heterocycles. The van der Waals surface area contributed by atoms with Crippen LogP contribution in [-0.2, 0) is 7.05 Å². The lowest BCUT2D eigenvalue weighted by Crippen LogP contribution is -2.38. The maximum absolute atomic E-state index is 13.4. The van der Waals surface area contributed by atoms with E-state index in [0.29, 0.717) is 28.0 Å². The zero-order chi connectivity index (χ0) is 24.2. The molecule has 0 unspecified atom stereocenters. The molecule has 1 atom stereocenters. The number of carboxylic acids is 1. The number of pyridine rings is 1. The predicted octanol–water partition coefficient (Wildman–Crippen LogP) is 4.54. The Morgan fingerprint density at radius 3 is 2.53 bits per heavy atom. The number of anilines is 2. The number of piperidine rings is 1. The smallest absolute Gasteiger partial charge is 0.356 e. The summed E-state index contributed by atoms with van der Waals surface area (Å²) in [7, 11) is 1.79. The molecule has 3 aromatic rings. The molecule has 5 rings (SSSR count). The summed E-state index contributed by atoms with van der Waals surface area (Å²) in [4.78, 5) is 36.2. The van der Waals surface area contributed by atoms with Crippen molar-refractivity contribution in [3.05, 3.63) is 56.6 Å². The number of benzene rings is 1. The lowest BCUT2D eigenvalue weighted by atomic mass is 9.94. The lowest BCUT2D eigenvalue weighted by molar-refractivity contribution is 0.0691. The van der Waals surface area contributed by atoms with E-state index < -0.39 is 5.97 Å². The van der Waals surface area contributed by atoms with Crippen molar-refractivity contribution in [3.8, 4) is 0 Å². The summed E-state index contributed by atoms with van der Waals surface area (Å²) in [5.74, 6) is -0.483. The average molecular weight is 482 g/mol. The second-order valence-corrected chi connectivity index (χ2v) is 10.1. The van der Waals surface area contributed by atoms with Gasteiger partial charge < -0.3 is 15.3 Å². The van der Waals surface area contributed by atoms with E-state index in [-0.39, 0.29) is 22.4 Å². The van der Waals surface area contributed by atoms with E-state index in [1.807, 2.05) is 26.0 Å². The minimum absolute atomic E-state index is 0.0803. The highest BCUT2D eigenvalue weighted by atomic mass is 35.5. The molecule has 8 nitrogen and oxygen atoms in total. The van der Waals surface area contributed by atoms with Gasteiger partial charge in [0, 0.05) is 25.7 Å². The first-order valence-corrected chi connectivity index (χ1v) is 12.0. The molecular formula is C25H28ClN5O3. The number of aromatic carboxylic acids is 1. The largest absolute Gasteiger partial charge is 0.476 e. The topological polar surface area (TPSA) is 100 Å². The van der Waals surface area contributed by atoms with Crippen LogP contribution in [0.15, 0.2) is 29.1 Å². The van der Waals surface area contributed by atoms with Crippen LogP contribution in [-0.4, -0.2) is 38.7 Å². The number of hydrogen-bond donors (Lipinski definition) is 2. The van der Waals surface area contributed by atoms with Crippen LogP contribution in [0.2, 0.25) is 5.15 Å². The van der Waals surface area contributed by atoms with Crippen LogP contribution in [0.5, 0.6) is 0 Å². The number of carbonyl (C=O) groups is 1. The maximum atomic E-state index is 13.4. The predicted molar refractivity (Wildman–Crippen MR) is 133 cm³/mol. The fourth-order valence-electron chi connectivity index (χ4n) is 5.04. The minimum Gasteiger partial charge on any atom is -0.476 e. The number of carboxylic acid groups (broad SMARTS) is 1. The highest BCUT2D eigenvalue weighted by Gasteiger charge is 2.44. The van der Waals surface area contributed by atoms with Crippen LogP contribution in [0, 0.1) is 12.3 Å². The third-order valence-electron chi connectivity index (χ3n) is 7.30. The normalized spacial score (nSPS) is 17.7. The van der Waals surface area contributed by atoms with Gasteiger partial charge in [0.2, 0.25) is 5.95 Å². The molecular weight excluding hydrogens is 454 g/mol. The first-order chi connectivity index (χ1) is 16.2. The van der Waals surface area contributed by atoms with Gasteiger partial charge in [0.05, 0.1) is 22.6 Å². The molecule has 1 aliphatic carbocycles. The molecule has 1 saturated carbocycles. The molecule has 1 aromatic carbocycles. The number of nitrogens with zero attached hydrogens (tertiary/aromatic N) is 4. The van der Waals surface area contributed by atoms with Gasteiger partial charge in [0.25, 0.3) is 5.56 Å². The number of hydrogen-bond acceptors (Lipinski definition) is 6. The fraction of sp³-hybridized carbons (Fsp3) is 0.440. The third-order valence-corrected chi connectivity index (χ3v) is 7.51. The van der Waals surface area contributed by atoms with Crippen LogP contribution in [0.25, 0.3) is 10.9 Å². The summed E-state index contributed by atoms with van der Waals surface area (Å²) in [6.07, 6.45) is 4.91. The Labute approximate surface area is 202 Å². The zero-order valence-electron chi connectivity index (χ0n) is 19.6. The number of aryl methyl sites for hydroxylation is 1. The van der Waals surface area contributed by atoms with E-state index >= 15 is 0 Å². The summed E-state index contributed by atoms with van der Waals surface area (Å²) >= 11 is 5.90. The summed E-state index contributed by atoms with van der Waals surface area (Å²) in [6, 6.07) is 6.69. The van der Waals surface area contributed by atoms with E-state index in [1.165, 1.54) is 12.8 Å². The van der Waals surface area contributed by atoms with Gasteiger partial charge in [-0.25, -0.2) is 14.8 Å². The monoisotopic (exact) mass is 481 g/mol. The first kappa shape index (κ1) is 22.7. The quantitative estimate of drug-likeness (QED) is 0.516. The Bertz CT molecular complexity index is 1350. The molecule has 0 bridgehead atoms. The molecule has 2 aliphatic rings. The van der Waals surface area contributed by atoms with Crippen molar-refractivity contribution in [1.29, 1.82) is 0 Å². The summed E-state index contributed by atoms with van der Waals surface area (Å²) < 4.78 is 1.65. The third kappa shape index (κ3) is 4.00. The first-order valence-electron chi connectivity index (χ1n) is 11.6. The van der Waals surface area contributed by atoms with Crippen LogP contribution in [0.1, 0.15) is 60.3 Å². The van der Waals surface area contributed by atoms with E-state index in [1.54, 1.807) is 23.7 Å². The average Bonchev–Trinajstić information content (AvgIpc) is 3.56. The number of halogens is 1. The fourth-order valence-corrected chi connectivity index (χ4v) is 5.19. The Balaban J connectivity index is 1.56. The van der Waals surface area contributed by atoms with Crippen LogP contribution >= 0.6 is 11.6 Å². The Kier molecular flexibility index (Phi) is 5.51. The van der Waals surface area contributed by atoms with E-state index in [2.05, 4.69) is 15.2 Å². The van der Waals surface area contributed by atoms with Gasteiger partial charge in [-0.05, 0) is 68.7 Å². The van der Waals surface area contributed by atoms with Gasteiger partial charge >= 0.3 is 5.97 Å². The molecule has 2 aromatic heterocycles. The van der Waals surface area contributed by atoms with Gasteiger partial charge in [0.15, 0.2) is 5.69 Å². The second kappa shape index (κ2) is 8.27. The van der Waals surface area contributed by atoms with Crippen LogP contribution in [0.4, 0.5) is 11.6 Å². The number of nitrogens with one attached hydrogen (secondary N) is 1. The molecule has 178 valence electrons. The van der Waals surface area contributed by atoms with Crippen molar-refractivity contribution in [2.45, 2.75) is 45.6 Å². The highest BCUT2D eigenvalue weighted by Crippen LogP contribution is 2.53. The van der Waals surface area contributed by atoms with E-state index in [4.69, 9.17) is 16.6 Å². The maximum Gasteiger partial charge on any atom is 0.356 e. The van der Waals surface area contributed by atoms with Crippen LogP contribution in [0.3, 0.4) is 0 Å². The van der Waals surface area contributed by atoms with Crippen molar-refractivity contribution in [2.24, 2.45) is 12.5 Å². The number of rotatable bonds is 5. The molecule has 2 fully saturated rings. The Morgan fingerprint density at radius 1 is 1.18 bits per heavy atom. The van der Waals surface area contributed by atoms with Crippen molar-refractivity contribution in [1.82, 2.24) is 14.5 Å². The number of fused-ring (bicyclic) bond motifs is 1. The summed E-state index contributed by atoms with van der Waals surface area (Å²) in [5.41, 5.74) is 3.05. The van der Waals surface area contributed by atoms with Gasteiger partial charge in [-0.3, -0.25) is 9.36 Å². The Hall–Kier alpha value is -3.13. The van der Waals surface area contributed by atoms with Gasteiger partial charge in [-0.1, -0.05) is 17.7 Å². The lowest BCUT2D eigenvalue weighted by Gasteiger charge is -2.33. The van der Waals surface area contributed by atoms with Crippen molar-refractivity contribution >= 4 is 40.1 Å². The SMILES string of the molecule is Cc1cc([C@@H](C)Nc2ccc(Cl)nc2C(=O)O)c2nc(N3CCC4(CC3)CC4)n(C)c(=O)c2c1. The zero-order valence-corrected chi connectivity index (χ0v) is 20.3. The summed E-state index contributed by atoms with van der Waals surface area (Å²) in [6.45, 7) is 5.67. The standard InChI is InChI=1S/C25H28ClN5O3/c1-14-12-16(15(2)27-18-4-5-19(26)28-21(18)23(33)34)20-17(13-14)22(32)30(3)24(29-20)31-10-8-25(6-7-25)9-11-31/h4-5,12-13,15,27H,6-11H2,1-3H3,(H,33,34)/t15-/m1/s1. The van der Waals surface area contributed by atoms with Crippen molar-refractivity contribution < 1.29 is 9.90 Å². The molecule has 1 spiro atoms. The van der Waals surface area contributed by atoms with E-state index in [9.17, 15) is 14.7 Å². The van der Waals surface area contributed by atoms with Gasteiger partial charge in [-0.2, -0.15) is 0 Å². The minimum atomic E-state index is -1.17.